The third-order valence-electron chi connectivity index (χ3n) is 4.31. The number of thiazole rings is 1. The summed E-state index contributed by atoms with van der Waals surface area (Å²) < 4.78 is 0.772. The van der Waals surface area contributed by atoms with Gasteiger partial charge in [-0.3, -0.25) is 4.79 Å². The molecule has 1 aliphatic heterocycles. The molecular formula is C13H18N2OS2. The van der Waals surface area contributed by atoms with E-state index in [-0.39, 0.29) is 5.91 Å². The molecule has 18 heavy (non-hydrogen) atoms. The number of amides is 1. The predicted octanol–water partition coefficient (Wildman–Crippen LogP) is 2.92. The molecule has 2 heterocycles. The fraction of sp³-hybridized carbons (Fsp3) is 0.692. The zero-order valence-corrected chi connectivity index (χ0v) is 12.2. The number of aryl methyl sites for hydroxylation is 1. The number of hydrogen-bond acceptors (Lipinski definition) is 3. The number of H-pyrrole nitrogens is 1. The van der Waals surface area contributed by atoms with Crippen LogP contribution in [0.1, 0.15) is 29.8 Å². The average molecular weight is 282 g/mol. The van der Waals surface area contributed by atoms with Crippen molar-refractivity contribution in [3.05, 3.63) is 14.5 Å². The Morgan fingerprint density at radius 3 is 2.67 bits per heavy atom. The highest BCUT2D eigenvalue weighted by Crippen LogP contribution is 2.37. The number of aromatic nitrogens is 1. The first-order valence-electron chi connectivity index (χ1n) is 6.60. The molecule has 0 spiro atoms. The van der Waals surface area contributed by atoms with E-state index >= 15 is 0 Å². The summed E-state index contributed by atoms with van der Waals surface area (Å²) in [5.74, 6) is 1.83. The van der Waals surface area contributed by atoms with Gasteiger partial charge in [-0.05, 0) is 43.8 Å². The topological polar surface area (TPSA) is 36.1 Å². The maximum absolute atomic E-state index is 12.3. The van der Waals surface area contributed by atoms with E-state index < -0.39 is 0 Å². The molecule has 98 valence electrons. The summed E-state index contributed by atoms with van der Waals surface area (Å²) in [7, 11) is 0. The van der Waals surface area contributed by atoms with Crippen LogP contribution in [0.2, 0.25) is 0 Å². The molecule has 0 aromatic carbocycles. The van der Waals surface area contributed by atoms with Crippen LogP contribution in [0.3, 0.4) is 0 Å². The van der Waals surface area contributed by atoms with Crippen molar-refractivity contribution in [1.29, 1.82) is 0 Å². The number of rotatable bonds is 2. The van der Waals surface area contributed by atoms with Gasteiger partial charge in [-0.25, -0.2) is 0 Å². The van der Waals surface area contributed by atoms with Crippen molar-refractivity contribution in [2.45, 2.75) is 32.6 Å². The van der Waals surface area contributed by atoms with Crippen molar-refractivity contribution in [3.8, 4) is 0 Å². The number of aromatic amines is 1. The van der Waals surface area contributed by atoms with Crippen LogP contribution < -0.4 is 0 Å². The molecule has 1 N–H and O–H groups in total. The molecular weight excluding hydrogens is 264 g/mol. The Morgan fingerprint density at radius 2 is 2.11 bits per heavy atom. The summed E-state index contributed by atoms with van der Waals surface area (Å²) in [5, 5.41) is 0. The molecule has 0 radical (unpaired) electrons. The molecule has 2 fully saturated rings. The van der Waals surface area contributed by atoms with Gasteiger partial charge in [0.2, 0.25) is 5.91 Å². The lowest BCUT2D eigenvalue weighted by Crippen LogP contribution is -2.30. The van der Waals surface area contributed by atoms with Gasteiger partial charge in [0.05, 0.1) is 6.42 Å². The van der Waals surface area contributed by atoms with Gasteiger partial charge in [-0.2, -0.15) is 0 Å². The molecule has 1 aromatic heterocycles. The van der Waals surface area contributed by atoms with Crippen LogP contribution in [-0.4, -0.2) is 28.9 Å². The lowest BCUT2D eigenvalue weighted by atomic mass is 10.0. The fourth-order valence-electron chi connectivity index (χ4n) is 3.29. The number of fused-ring (bicyclic) bond motifs is 1. The van der Waals surface area contributed by atoms with Gasteiger partial charge in [0.25, 0.3) is 0 Å². The summed E-state index contributed by atoms with van der Waals surface area (Å²) in [6, 6.07) is 0. The Balaban J connectivity index is 1.66. The zero-order chi connectivity index (χ0) is 12.7. The maximum Gasteiger partial charge on any atom is 0.227 e. The molecule has 3 nitrogen and oxygen atoms in total. The third-order valence-corrected chi connectivity index (χ3v) is 5.65. The van der Waals surface area contributed by atoms with Gasteiger partial charge in [0, 0.05) is 23.7 Å². The minimum atomic E-state index is 0.276. The smallest absolute Gasteiger partial charge is 0.227 e. The van der Waals surface area contributed by atoms with E-state index in [1.807, 2.05) is 6.92 Å². The second kappa shape index (κ2) is 4.78. The first-order valence-corrected chi connectivity index (χ1v) is 7.82. The molecule has 2 aliphatic rings. The maximum atomic E-state index is 12.3. The van der Waals surface area contributed by atoms with Gasteiger partial charge in [-0.1, -0.05) is 6.42 Å². The van der Waals surface area contributed by atoms with E-state index in [1.165, 1.54) is 30.6 Å². The van der Waals surface area contributed by atoms with Crippen molar-refractivity contribution < 1.29 is 4.79 Å². The highest BCUT2D eigenvalue weighted by Gasteiger charge is 2.37. The number of carbonyl (C=O) groups excluding carboxylic acids is 1. The molecule has 0 bridgehead atoms. The molecule has 1 aromatic rings. The number of carbonyl (C=O) groups is 1. The first kappa shape index (κ1) is 12.4. The van der Waals surface area contributed by atoms with E-state index in [2.05, 4.69) is 9.88 Å². The number of nitrogens with zero attached hydrogens (tertiary/aromatic N) is 1. The zero-order valence-electron chi connectivity index (χ0n) is 10.6. The van der Waals surface area contributed by atoms with Crippen molar-refractivity contribution in [3.63, 3.8) is 0 Å². The van der Waals surface area contributed by atoms with Crippen molar-refractivity contribution in [2.75, 3.05) is 13.1 Å². The second-order valence-corrected chi connectivity index (χ2v) is 7.26. The lowest BCUT2D eigenvalue weighted by molar-refractivity contribution is -0.129. The first-order chi connectivity index (χ1) is 8.63. The van der Waals surface area contributed by atoms with Crippen molar-refractivity contribution >= 4 is 29.5 Å². The van der Waals surface area contributed by atoms with Gasteiger partial charge in [-0.15, -0.1) is 11.3 Å². The fourth-order valence-corrected chi connectivity index (χ4v) is 4.58. The predicted molar refractivity (Wildman–Crippen MR) is 75.4 cm³/mol. The van der Waals surface area contributed by atoms with Gasteiger partial charge >= 0.3 is 0 Å². The average Bonchev–Trinajstić information content (AvgIpc) is 2.93. The SMILES string of the molecule is Cc1[nH]c(=S)sc1CC(=O)N1CC2CCCC2C1. The molecule has 5 heteroatoms. The van der Waals surface area contributed by atoms with Crippen LogP contribution in [0.5, 0.6) is 0 Å². The quantitative estimate of drug-likeness (QED) is 0.847. The molecule has 2 atom stereocenters. The normalized spacial score (nSPS) is 26.6. The highest BCUT2D eigenvalue weighted by molar-refractivity contribution is 7.73. The molecule has 1 saturated carbocycles. The molecule has 1 saturated heterocycles. The van der Waals surface area contributed by atoms with Crippen molar-refractivity contribution in [2.24, 2.45) is 11.8 Å². The van der Waals surface area contributed by atoms with Crippen LogP contribution in [0.15, 0.2) is 0 Å². The second-order valence-electron chi connectivity index (χ2n) is 5.49. The van der Waals surface area contributed by atoms with Gasteiger partial charge < -0.3 is 9.88 Å². The van der Waals surface area contributed by atoms with E-state index in [0.717, 1.165) is 39.5 Å². The third kappa shape index (κ3) is 2.26. The van der Waals surface area contributed by atoms with Crippen molar-refractivity contribution in [1.82, 2.24) is 9.88 Å². The number of nitrogens with one attached hydrogen (secondary N) is 1. The van der Waals surface area contributed by atoms with Crippen LogP contribution in [0.25, 0.3) is 0 Å². The van der Waals surface area contributed by atoms with E-state index in [9.17, 15) is 4.79 Å². The van der Waals surface area contributed by atoms with E-state index in [0.29, 0.717) is 6.42 Å². The summed E-state index contributed by atoms with van der Waals surface area (Å²) >= 11 is 6.65. The van der Waals surface area contributed by atoms with Crippen LogP contribution in [-0.2, 0) is 11.2 Å². The number of hydrogen-bond donors (Lipinski definition) is 1. The van der Waals surface area contributed by atoms with Gasteiger partial charge in [0.15, 0.2) is 3.95 Å². The van der Waals surface area contributed by atoms with Crippen LogP contribution in [0, 0.1) is 22.7 Å². The Labute approximate surface area is 116 Å². The summed E-state index contributed by atoms with van der Waals surface area (Å²) in [6.45, 7) is 3.96. The molecule has 2 unspecified atom stereocenters. The monoisotopic (exact) mass is 282 g/mol. The van der Waals surface area contributed by atoms with Crippen LogP contribution >= 0.6 is 23.6 Å². The largest absolute Gasteiger partial charge is 0.342 e. The van der Waals surface area contributed by atoms with E-state index in [1.54, 1.807) is 0 Å². The van der Waals surface area contributed by atoms with E-state index in [4.69, 9.17) is 12.2 Å². The minimum Gasteiger partial charge on any atom is -0.342 e. The standard InChI is InChI=1S/C13H18N2OS2/c1-8-11(18-13(17)14-8)5-12(16)15-6-9-3-2-4-10(9)7-15/h9-10H,2-7H2,1H3,(H,14,17). The Morgan fingerprint density at radius 1 is 1.44 bits per heavy atom. The summed E-state index contributed by atoms with van der Waals surface area (Å²) in [4.78, 5) is 18.6. The Kier molecular flexibility index (Phi) is 3.28. The minimum absolute atomic E-state index is 0.276. The Hall–Kier alpha value is -0.680. The van der Waals surface area contributed by atoms with Gasteiger partial charge in [0.1, 0.15) is 0 Å². The van der Waals surface area contributed by atoms with Crippen LogP contribution in [0.4, 0.5) is 0 Å². The number of likely N-dealkylation sites (tertiary alicyclic amines) is 1. The summed E-state index contributed by atoms with van der Waals surface area (Å²) in [5.41, 5.74) is 1.05. The lowest BCUT2D eigenvalue weighted by Gasteiger charge is -2.16. The highest BCUT2D eigenvalue weighted by atomic mass is 32.1. The Bertz CT molecular complexity index is 507. The molecule has 1 aliphatic carbocycles. The summed E-state index contributed by atoms with van der Waals surface area (Å²) in [6.07, 6.45) is 4.51. The molecule has 3 rings (SSSR count). The molecule has 1 amide bonds.